The summed E-state index contributed by atoms with van der Waals surface area (Å²) in [5.74, 6) is 1.87. The number of amides is 1. The van der Waals surface area contributed by atoms with Gasteiger partial charge in [0.25, 0.3) is 5.91 Å². The average Bonchev–Trinajstić information content (AvgIpc) is 2.61. The summed E-state index contributed by atoms with van der Waals surface area (Å²) < 4.78 is 16.5. The maximum atomic E-state index is 12.6. The lowest BCUT2D eigenvalue weighted by atomic mass is 9.84. The number of methoxy groups -OCH3 is 1. The van der Waals surface area contributed by atoms with E-state index in [0.29, 0.717) is 48.5 Å². The highest BCUT2D eigenvalue weighted by molar-refractivity contribution is 5.95. The highest BCUT2D eigenvalue weighted by Crippen LogP contribution is 2.40. The maximum absolute atomic E-state index is 12.6. The molecule has 1 aromatic rings. The fourth-order valence-electron chi connectivity index (χ4n) is 3.34. The van der Waals surface area contributed by atoms with Crippen LogP contribution in [-0.4, -0.2) is 38.8 Å². The van der Waals surface area contributed by atoms with Crippen molar-refractivity contribution in [1.29, 1.82) is 0 Å². The normalized spacial score (nSPS) is 23.2. The first-order valence-corrected chi connectivity index (χ1v) is 8.21. The van der Waals surface area contributed by atoms with Crippen molar-refractivity contribution in [2.24, 2.45) is 11.7 Å². The third kappa shape index (κ3) is 3.37. The topological polar surface area (TPSA) is 82.8 Å². The number of benzene rings is 1. The Hall–Kier alpha value is -1.95. The molecule has 126 valence electrons. The molecule has 1 aliphatic carbocycles. The Labute approximate surface area is 136 Å². The number of rotatable bonds is 4. The van der Waals surface area contributed by atoms with Gasteiger partial charge in [0, 0.05) is 11.6 Å². The van der Waals surface area contributed by atoms with E-state index in [4.69, 9.17) is 19.9 Å². The van der Waals surface area contributed by atoms with Crippen LogP contribution in [0.2, 0.25) is 0 Å². The van der Waals surface area contributed by atoms with Crippen LogP contribution in [0.1, 0.15) is 36.0 Å². The Kier molecular flexibility index (Phi) is 4.91. The van der Waals surface area contributed by atoms with Gasteiger partial charge < -0.3 is 25.3 Å². The van der Waals surface area contributed by atoms with Crippen LogP contribution in [0.4, 0.5) is 0 Å². The summed E-state index contributed by atoms with van der Waals surface area (Å²) in [7, 11) is 1.56. The van der Waals surface area contributed by atoms with Crippen LogP contribution in [-0.2, 0) is 0 Å². The molecule has 0 bridgehead atoms. The molecule has 6 nitrogen and oxygen atoms in total. The zero-order chi connectivity index (χ0) is 16.2. The summed E-state index contributed by atoms with van der Waals surface area (Å²) in [6.07, 6.45) is 4.37. The summed E-state index contributed by atoms with van der Waals surface area (Å²) in [4.78, 5) is 12.6. The molecule has 2 aliphatic rings. The molecule has 2 atom stereocenters. The van der Waals surface area contributed by atoms with Gasteiger partial charge in [-0.3, -0.25) is 4.79 Å². The first-order valence-electron chi connectivity index (χ1n) is 8.21. The second kappa shape index (κ2) is 7.08. The summed E-state index contributed by atoms with van der Waals surface area (Å²) in [6.45, 7) is 1.56. The second-order valence-electron chi connectivity index (χ2n) is 6.06. The van der Waals surface area contributed by atoms with E-state index in [2.05, 4.69) is 5.32 Å². The highest BCUT2D eigenvalue weighted by Gasteiger charge is 2.27. The van der Waals surface area contributed by atoms with Crippen LogP contribution in [0.3, 0.4) is 0 Å². The molecule has 1 saturated carbocycles. The molecule has 1 amide bonds. The third-order valence-electron chi connectivity index (χ3n) is 4.62. The van der Waals surface area contributed by atoms with Crippen molar-refractivity contribution in [1.82, 2.24) is 5.32 Å². The van der Waals surface area contributed by atoms with Crippen LogP contribution < -0.4 is 25.3 Å². The molecule has 23 heavy (non-hydrogen) atoms. The van der Waals surface area contributed by atoms with Gasteiger partial charge in [0.05, 0.1) is 7.11 Å². The monoisotopic (exact) mass is 320 g/mol. The molecule has 0 radical (unpaired) electrons. The molecule has 3 rings (SSSR count). The fourth-order valence-corrected chi connectivity index (χ4v) is 3.34. The number of fused-ring (bicyclic) bond motifs is 1. The van der Waals surface area contributed by atoms with Gasteiger partial charge >= 0.3 is 0 Å². The first kappa shape index (κ1) is 15.9. The van der Waals surface area contributed by atoms with E-state index in [-0.39, 0.29) is 11.9 Å². The Morgan fingerprint density at radius 3 is 2.87 bits per heavy atom. The number of hydrogen-bond acceptors (Lipinski definition) is 5. The van der Waals surface area contributed by atoms with E-state index in [1.807, 2.05) is 0 Å². The van der Waals surface area contributed by atoms with Crippen LogP contribution >= 0.6 is 0 Å². The zero-order valence-electron chi connectivity index (χ0n) is 13.5. The van der Waals surface area contributed by atoms with Gasteiger partial charge in [-0.1, -0.05) is 12.8 Å². The van der Waals surface area contributed by atoms with Gasteiger partial charge in [-0.25, -0.2) is 0 Å². The predicted molar refractivity (Wildman–Crippen MR) is 86.3 cm³/mol. The fraction of sp³-hybridized carbons (Fsp3) is 0.588. The number of carbonyl (C=O) groups excluding carboxylic acids is 1. The van der Waals surface area contributed by atoms with Crippen molar-refractivity contribution in [2.45, 2.75) is 31.7 Å². The predicted octanol–water partition coefficient (Wildman–Crippen LogP) is 1.71. The maximum Gasteiger partial charge on any atom is 0.251 e. The van der Waals surface area contributed by atoms with Gasteiger partial charge in [-0.2, -0.15) is 0 Å². The molecule has 1 heterocycles. The van der Waals surface area contributed by atoms with E-state index in [9.17, 15) is 4.79 Å². The number of nitrogens with two attached hydrogens (primary N) is 1. The zero-order valence-corrected chi connectivity index (χ0v) is 13.5. The SMILES string of the molecule is COc1cc(C(=O)NC2CCCCC2CN)cc2c1OCCO2. The molecule has 1 aliphatic heterocycles. The van der Waals surface area contributed by atoms with E-state index < -0.39 is 0 Å². The Morgan fingerprint density at radius 2 is 2.09 bits per heavy atom. The standard InChI is InChI=1S/C17H24N2O4/c1-21-14-8-12(9-15-16(14)23-7-6-22-15)17(20)19-13-5-3-2-4-11(13)10-18/h8-9,11,13H,2-7,10,18H2,1H3,(H,19,20). The van der Waals surface area contributed by atoms with Crippen molar-refractivity contribution < 1.29 is 19.0 Å². The van der Waals surface area contributed by atoms with E-state index >= 15 is 0 Å². The molecule has 2 unspecified atom stereocenters. The van der Waals surface area contributed by atoms with E-state index in [1.165, 1.54) is 6.42 Å². The van der Waals surface area contributed by atoms with Crippen LogP contribution in [0.5, 0.6) is 17.2 Å². The molecule has 0 aromatic heterocycles. The minimum absolute atomic E-state index is 0.120. The summed E-state index contributed by atoms with van der Waals surface area (Å²) in [5, 5.41) is 3.12. The van der Waals surface area contributed by atoms with E-state index in [1.54, 1.807) is 19.2 Å². The number of carbonyl (C=O) groups is 1. The number of ether oxygens (including phenoxy) is 3. The van der Waals surface area contributed by atoms with Crippen molar-refractivity contribution in [3.05, 3.63) is 17.7 Å². The third-order valence-corrected chi connectivity index (χ3v) is 4.62. The Bertz CT molecular complexity index is 559. The Morgan fingerprint density at radius 1 is 1.30 bits per heavy atom. The summed E-state index contributed by atoms with van der Waals surface area (Å²) in [6, 6.07) is 3.55. The second-order valence-corrected chi connectivity index (χ2v) is 6.06. The molecule has 6 heteroatoms. The molecule has 0 spiro atoms. The summed E-state index contributed by atoms with van der Waals surface area (Å²) >= 11 is 0. The van der Waals surface area contributed by atoms with Gasteiger partial charge in [0.1, 0.15) is 13.2 Å². The van der Waals surface area contributed by atoms with Crippen LogP contribution in [0.15, 0.2) is 12.1 Å². The van der Waals surface area contributed by atoms with Gasteiger partial charge in [-0.05, 0) is 37.4 Å². The smallest absolute Gasteiger partial charge is 0.251 e. The Balaban J connectivity index is 1.79. The molecular weight excluding hydrogens is 296 g/mol. The average molecular weight is 320 g/mol. The van der Waals surface area contributed by atoms with Crippen molar-refractivity contribution in [3.8, 4) is 17.2 Å². The molecular formula is C17H24N2O4. The minimum atomic E-state index is -0.120. The lowest BCUT2D eigenvalue weighted by Gasteiger charge is -2.31. The molecule has 1 aromatic carbocycles. The lowest BCUT2D eigenvalue weighted by Crippen LogP contribution is -2.44. The molecule has 3 N–H and O–H groups in total. The van der Waals surface area contributed by atoms with Gasteiger partial charge in [0.2, 0.25) is 5.75 Å². The number of hydrogen-bond donors (Lipinski definition) is 2. The lowest BCUT2D eigenvalue weighted by molar-refractivity contribution is 0.0906. The van der Waals surface area contributed by atoms with Crippen LogP contribution in [0.25, 0.3) is 0 Å². The van der Waals surface area contributed by atoms with Gasteiger partial charge in [0.15, 0.2) is 11.5 Å². The minimum Gasteiger partial charge on any atom is -0.493 e. The molecule has 0 saturated heterocycles. The van der Waals surface area contributed by atoms with E-state index in [0.717, 1.165) is 19.3 Å². The molecule has 1 fully saturated rings. The number of nitrogens with one attached hydrogen (secondary N) is 1. The largest absolute Gasteiger partial charge is 0.493 e. The summed E-state index contributed by atoms with van der Waals surface area (Å²) in [5.41, 5.74) is 6.36. The van der Waals surface area contributed by atoms with Crippen molar-refractivity contribution in [2.75, 3.05) is 26.9 Å². The highest BCUT2D eigenvalue weighted by atomic mass is 16.6. The first-order chi connectivity index (χ1) is 11.2. The van der Waals surface area contributed by atoms with Gasteiger partial charge in [-0.15, -0.1) is 0 Å². The quantitative estimate of drug-likeness (QED) is 0.882. The van der Waals surface area contributed by atoms with Crippen molar-refractivity contribution in [3.63, 3.8) is 0 Å². The van der Waals surface area contributed by atoms with Crippen molar-refractivity contribution >= 4 is 5.91 Å². The van der Waals surface area contributed by atoms with Crippen LogP contribution in [0, 0.1) is 5.92 Å².